The van der Waals surface area contributed by atoms with Crippen molar-refractivity contribution in [2.24, 2.45) is 0 Å². The monoisotopic (exact) mass is 277 g/mol. The molecule has 19 heavy (non-hydrogen) atoms. The summed E-state index contributed by atoms with van der Waals surface area (Å²) in [6.45, 7) is 3.31. The summed E-state index contributed by atoms with van der Waals surface area (Å²) in [6, 6.07) is 0.675. The fourth-order valence-corrected chi connectivity index (χ4v) is 1.28. The van der Waals surface area contributed by atoms with E-state index in [9.17, 15) is 18.0 Å². The number of amides is 1. The summed E-state index contributed by atoms with van der Waals surface area (Å²) in [5.41, 5.74) is 4.24. The number of alkyl halides is 3. The number of aromatic nitrogens is 1. The Labute approximate surface area is 108 Å². The number of hydrogen-bond acceptors (Lipinski definition) is 4. The van der Waals surface area contributed by atoms with Crippen molar-refractivity contribution >= 4 is 17.5 Å². The molecule has 0 saturated carbocycles. The first kappa shape index (κ1) is 15.1. The number of pyridine rings is 1. The van der Waals surface area contributed by atoms with Crippen LogP contribution in [-0.4, -0.2) is 24.2 Å². The summed E-state index contributed by atoms with van der Waals surface area (Å²) in [5.74, 6) is 0. The lowest BCUT2D eigenvalue weighted by molar-refractivity contribution is -0.141. The molecule has 1 amide bonds. The number of nitrogen functional groups attached to an aromatic ring is 1. The molecule has 5 nitrogen and oxygen atoms in total. The minimum atomic E-state index is -4.58. The van der Waals surface area contributed by atoms with E-state index in [0.717, 1.165) is 11.1 Å². The molecule has 0 saturated heterocycles. The third-order valence-electron chi connectivity index (χ3n) is 2.18. The lowest BCUT2D eigenvalue weighted by Crippen LogP contribution is -2.30. The molecule has 1 rings (SSSR count). The number of nitrogens with zero attached hydrogens (tertiary/aromatic N) is 2. The third kappa shape index (κ3) is 3.73. The molecule has 106 valence electrons. The Balaban J connectivity index is 3.00. The van der Waals surface area contributed by atoms with Gasteiger partial charge >= 0.3 is 12.3 Å². The smallest absolute Gasteiger partial charge is 0.433 e. The lowest BCUT2D eigenvalue weighted by atomic mass is 10.2. The van der Waals surface area contributed by atoms with Crippen LogP contribution < -0.4 is 10.6 Å². The van der Waals surface area contributed by atoms with E-state index in [4.69, 9.17) is 10.5 Å². The third-order valence-corrected chi connectivity index (χ3v) is 2.18. The molecule has 2 N–H and O–H groups in total. The van der Waals surface area contributed by atoms with Crippen molar-refractivity contribution in [3.8, 4) is 0 Å². The second kappa shape index (κ2) is 5.33. The van der Waals surface area contributed by atoms with Crippen LogP contribution in [0.4, 0.5) is 29.3 Å². The molecule has 0 fully saturated rings. The number of halogens is 3. The average Bonchev–Trinajstić information content (AvgIpc) is 2.25. The normalized spacial score (nSPS) is 11.5. The number of hydrogen-bond donors (Lipinski definition) is 1. The maximum Gasteiger partial charge on any atom is 0.433 e. The molecule has 0 aromatic carbocycles. The number of rotatable bonds is 2. The van der Waals surface area contributed by atoms with Crippen molar-refractivity contribution in [1.29, 1.82) is 0 Å². The van der Waals surface area contributed by atoms with E-state index >= 15 is 0 Å². The highest BCUT2D eigenvalue weighted by Crippen LogP contribution is 2.31. The van der Waals surface area contributed by atoms with Gasteiger partial charge in [-0.2, -0.15) is 13.2 Å². The zero-order chi connectivity index (χ0) is 14.8. The Kier molecular flexibility index (Phi) is 4.23. The average molecular weight is 277 g/mol. The summed E-state index contributed by atoms with van der Waals surface area (Å²) in [7, 11) is 1.34. The highest BCUT2D eigenvalue weighted by Gasteiger charge is 2.33. The van der Waals surface area contributed by atoms with Crippen molar-refractivity contribution in [3.05, 3.63) is 18.0 Å². The van der Waals surface area contributed by atoms with Gasteiger partial charge in [-0.1, -0.05) is 0 Å². The molecule has 0 radical (unpaired) electrons. The van der Waals surface area contributed by atoms with Crippen LogP contribution in [0.5, 0.6) is 0 Å². The molecule has 0 aliphatic heterocycles. The van der Waals surface area contributed by atoms with Crippen LogP contribution in [0.25, 0.3) is 0 Å². The SMILES string of the molecule is CC(C)OC(=O)N(C)c1cnc(C(F)(F)F)cc1N. The number of carbonyl (C=O) groups excluding carboxylic acids is 1. The molecular formula is C11H14F3N3O2. The summed E-state index contributed by atoms with van der Waals surface area (Å²) >= 11 is 0. The molecular weight excluding hydrogens is 263 g/mol. The van der Waals surface area contributed by atoms with Crippen LogP contribution in [-0.2, 0) is 10.9 Å². The number of anilines is 2. The molecule has 0 unspecified atom stereocenters. The van der Waals surface area contributed by atoms with Crippen molar-refractivity contribution in [2.75, 3.05) is 17.7 Å². The van der Waals surface area contributed by atoms with Gasteiger partial charge < -0.3 is 10.5 Å². The van der Waals surface area contributed by atoms with E-state index in [1.807, 2.05) is 0 Å². The van der Waals surface area contributed by atoms with Gasteiger partial charge in [0.2, 0.25) is 0 Å². The van der Waals surface area contributed by atoms with E-state index in [0.29, 0.717) is 6.07 Å². The minimum Gasteiger partial charge on any atom is -0.446 e. The van der Waals surface area contributed by atoms with E-state index in [1.165, 1.54) is 7.05 Å². The molecule has 0 aliphatic carbocycles. The zero-order valence-electron chi connectivity index (χ0n) is 10.7. The fraction of sp³-hybridized carbons (Fsp3) is 0.455. The van der Waals surface area contributed by atoms with Gasteiger partial charge in [0, 0.05) is 7.05 Å². The standard InChI is InChI=1S/C11H14F3N3O2/c1-6(2)19-10(18)17(3)8-5-16-9(4-7(8)15)11(12,13)14/h4-6H,1-3H3,(H2,15,16). The predicted octanol–water partition coefficient (Wildman–Crippen LogP) is 2.66. The van der Waals surface area contributed by atoms with Crippen molar-refractivity contribution < 1.29 is 22.7 Å². The molecule has 0 atom stereocenters. The predicted molar refractivity (Wildman–Crippen MR) is 63.7 cm³/mol. The Morgan fingerprint density at radius 1 is 1.47 bits per heavy atom. The topological polar surface area (TPSA) is 68.5 Å². The Bertz CT molecular complexity index is 475. The first-order valence-corrected chi connectivity index (χ1v) is 5.40. The van der Waals surface area contributed by atoms with Gasteiger partial charge in [0.05, 0.1) is 23.7 Å². The van der Waals surface area contributed by atoms with E-state index < -0.39 is 18.0 Å². The number of carbonyl (C=O) groups is 1. The maximum absolute atomic E-state index is 12.4. The van der Waals surface area contributed by atoms with E-state index in [-0.39, 0.29) is 17.5 Å². The molecule has 8 heteroatoms. The van der Waals surface area contributed by atoms with Crippen LogP contribution in [0, 0.1) is 0 Å². The van der Waals surface area contributed by atoms with Gasteiger partial charge in [0.25, 0.3) is 0 Å². The van der Waals surface area contributed by atoms with Crippen LogP contribution in [0.3, 0.4) is 0 Å². The van der Waals surface area contributed by atoms with Gasteiger partial charge in [0.1, 0.15) is 5.69 Å². The largest absolute Gasteiger partial charge is 0.446 e. The Morgan fingerprint density at radius 2 is 2.05 bits per heavy atom. The van der Waals surface area contributed by atoms with E-state index in [1.54, 1.807) is 13.8 Å². The Hall–Kier alpha value is -1.99. The summed E-state index contributed by atoms with van der Waals surface area (Å²) in [6.07, 6.45) is -4.76. The van der Waals surface area contributed by atoms with Crippen LogP contribution >= 0.6 is 0 Å². The highest BCUT2D eigenvalue weighted by molar-refractivity contribution is 5.90. The molecule has 0 spiro atoms. The van der Waals surface area contributed by atoms with Crippen molar-refractivity contribution in [3.63, 3.8) is 0 Å². The summed E-state index contributed by atoms with van der Waals surface area (Å²) < 4.78 is 42.1. The van der Waals surface area contributed by atoms with Gasteiger partial charge in [-0.25, -0.2) is 9.78 Å². The van der Waals surface area contributed by atoms with Crippen LogP contribution in [0.1, 0.15) is 19.5 Å². The van der Waals surface area contributed by atoms with E-state index in [2.05, 4.69) is 4.98 Å². The van der Waals surface area contributed by atoms with Crippen molar-refractivity contribution in [2.45, 2.75) is 26.1 Å². The lowest BCUT2D eigenvalue weighted by Gasteiger charge is -2.20. The molecule has 1 aromatic rings. The van der Waals surface area contributed by atoms with Crippen molar-refractivity contribution in [1.82, 2.24) is 4.98 Å². The van der Waals surface area contributed by atoms with Crippen LogP contribution in [0.2, 0.25) is 0 Å². The Morgan fingerprint density at radius 3 is 2.47 bits per heavy atom. The first-order valence-electron chi connectivity index (χ1n) is 5.40. The van der Waals surface area contributed by atoms with Gasteiger partial charge in [-0.3, -0.25) is 4.90 Å². The quantitative estimate of drug-likeness (QED) is 0.902. The minimum absolute atomic E-state index is 0.0543. The van der Waals surface area contributed by atoms with Gasteiger partial charge in [0.15, 0.2) is 0 Å². The highest BCUT2D eigenvalue weighted by atomic mass is 19.4. The molecule has 1 heterocycles. The molecule has 1 aromatic heterocycles. The summed E-state index contributed by atoms with van der Waals surface area (Å²) in [4.78, 5) is 15.8. The number of ether oxygens (including phenoxy) is 1. The zero-order valence-corrected chi connectivity index (χ0v) is 10.7. The summed E-state index contributed by atoms with van der Waals surface area (Å²) in [5, 5.41) is 0. The van der Waals surface area contributed by atoms with Gasteiger partial charge in [-0.05, 0) is 19.9 Å². The van der Waals surface area contributed by atoms with Gasteiger partial charge in [-0.15, -0.1) is 0 Å². The maximum atomic E-state index is 12.4. The molecule has 0 bridgehead atoms. The second-order valence-corrected chi connectivity index (χ2v) is 4.12. The number of nitrogens with two attached hydrogens (primary N) is 1. The first-order chi connectivity index (χ1) is 8.62. The second-order valence-electron chi connectivity index (χ2n) is 4.12. The molecule has 0 aliphatic rings. The fourth-order valence-electron chi connectivity index (χ4n) is 1.28. The van der Waals surface area contributed by atoms with Crippen LogP contribution in [0.15, 0.2) is 12.3 Å².